The highest BCUT2D eigenvalue weighted by atomic mass is 32.2. The Morgan fingerprint density at radius 1 is 1.41 bits per heavy atom. The molecule has 0 aliphatic rings. The average Bonchev–Trinajstić information content (AvgIpc) is 2.79. The molecule has 2 N–H and O–H groups in total. The van der Waals surface area contributed by atoms with E-state index in [1.54, 1.807) is 6.20 Å². The van der Waals surface area contributed by atoms with Gasteiger partial charge < -0.3 is 15.0 Å². The van der Waals surface area contributed by atoms with Crippen LogP contribution in [0.1, 0.15) is 24.7 Å². The summed E-state index contributed by atoms with van der Waals surface area (Å²) in [5, 5.41) is 0. The molecule has 22 heavy (non-hydrogen) atoms. The van der Waals surface area contributed by atoms with Gasteiger partial charge in [0.2, 0.25) is 0 Å². The predicted octanol–water partition coefficient (Wildman–Crippen LogP) is 1.29. The minimum atomic E-state index is -2.98. The Labute approximate surface area is 130 Å². The van der Waals surface area contributed by atoms with Crippen molar-refractivity contribution in [2.75, 3.05) is 24.3 Å². The molecule has 0 amide bonds. The molecule has 0 aliphatic heterocycles. The van der Waals surface area contributed by atoms with Crippen molar-refractivity contribution in [1.29, 1.82) is 0 Å². The van der Waals surface area contributed by atoms with Gasteiger partial charge in [0.15, 0.2) is 5.82 Å². The van der Waals surface area contributed by atoms with Crippen LogP contribution in [0.25, 0.3) is 11.0 Å². The third kappa shape index (κ3) is 3.75. The second-order valence-corrected chi connectivity index (χ2v) is 7.58. The van der Waals surface area contributed by atoms with Crippen LogP contribution in [0.2, 0.25) is 0 Å². The number of pyridine rings is 1. The van der Waals surface area contributed by atoms with Gasteiger partial charge in [-0.1, -0.05) is 0 Å². The normalized spacial score (nSPS) is 12.1. The molecule has 0 radical (unpaired) electrons. The smallest absolute Gasteiger partial charge is 0.151 e. The number of fused-ring (bicyclic) bond motifs is 1. The maximum Gasteiger partial charge on any atom is 0.151 e. The van der Waals surface area contributed by atoms with E-state index in [2.05, 4.69) is 9.97 Å². The third-order valence-corrected chi connectivity index (χ3v) is 4.42. The molecule has 2 rings (SSSR count). The fourth-order valence-corrected chi connectivity index (χ4v) is 3.05. The lowest BCUT2D eigenvalue weighted by Gasteiger charge is -2.10. The van der Waals surface area contributed by atoms with Gasteiger partial charge in [0.25, 0.3) is 0 Å². The van der Waals surface area contributed by atoms with Crippen molar-refractivity contribution in [3.63, 3.8) is 0 Å². The number of nitrogens with zero attached hydrogens (tertiary/aromatic N) is 3. The quantitative estimate of drug-likeness (QED) is 0.823. The summed E-state index contributed by atoms with van der Waals surface area (Å²) < 4.78 is 30.1. The van der Waals surface area contributed by atoms with Crippen LogP contribution in [0.15, 0.2) is 6.20 Å². The van der Waals surface area contributed by atoms with Crippen molar-refractivity contribution >= 4 is 26.7 Å². The molecule has 8 heteroatoms. The Morgan fingerprint density at radius 2 is 2.14 bits per heavy atom. The van der Waals surface area contributed by atoms with Crippen molar-refractivity contribution < 1.29 is 13.2 Å². The molecular weight excluding hydrogens is 304 g/mol. The fourth-order valence-electron chi connectivity index (χ4n) is 2.40. The highest BCUT2D eigenvalue weighted by Gasteiger charge is 2.16. The van der Waals surface area contributed by atoms with Crippen LogP contribution in [0.5, 0.6) is 0 Å². The fraction of sp³-hybridized carbons (Fsp3) is 0.571. The van der Waals surface area contributed by atoms with Crippen molar-refractivity contribution in [3.05, 3.63) is 17.6 Å². The number of ether oxygens (including phenoxy) is 1. The first kappa shape index (κ1) is 16.7. The minimum Gasteiger partial charge on any atom is -0.382 e. The van der Waals surface area contributed by atoms with Gasteiger partial charge in [-0.2, -0.15) is 0 Å². The van der Waals surface area contributed by atoms with Crippen LogP contribution in [0, 0.1) is 6.92 Å². The summed E-state index contributed by atoms with van der Waals surface area (Å²) in [6.07, 6.45) is 3.47. The molecule has 122 valence electrons. The highest BCUT2D eigenvalue weighted by molar-refractivity contribution is 7.90. The number of hydrogen-bond donors (Lipinski definition) is 1. The van der Waals surface area contributed by atoms with Gasteiger partial charge in [-0.25, -0.2) is 18.4 Å². The van der Waals surface area contributed by atoms with E-state index >= 15 is 0 Å². The van der Waals surface area contributed by atoms with Gasteiger partial charge in [0, 0.05) is 25.6 Å². The van der Waals surface area contributed by atoms with E-state index in [1.807, 2.05) is 18.4 Å². The number of aryl methyl sites for hydroxylation is 2. The van der Waals surface area contributed by atoms with Gasteiger partial charge in [0.05, 0.1) is 11.3 Å². The molecule has 0 unspecified atom stereocenters. The topological polar surface area (TPSA) is 100 Å². The van der Waals surface area contributed by atoms with Crippen LogP contribution in [-0.4, -0.2) is 41.6 Å². The van der Waals surface area contributed by atoms with E-state index in [4.69, 9.17) is 10.5 Å². The monoisotopic (exact) mass is 326 g/mol. The van der Waals surface area contributed by atoms with Crippen molar-refractivity contribution in [3.8, 4) is 0 Å². The summed E-state index contributed by atoms with van der Waals surface area (Å²) >= 11 is 0. The summed E-state index contributed by atoms with van der Waals surface area (Å²) in [6.45, 7) is 5.35. The second-order valence-electron chi connectivity index (χ2n) is 5.32. The molecule has 0 atom stereocenters. The molecule has 0 fully saturated rings. The zero-order chi connectivity index (χ0) is 16.3. The molecule has 0 bridgehead atoms. The number of rotatable bonds is 7. The van der Waals surface area contributed by atoms with Crippen LogP contribution in [0.4, 0.5) is 5.82 Å². The molecule has 2 aromatic heterocycles. The number of nitrogen functional groups attached to an aromatic ring is 1. The molecule has 2 heterocycles. The lowest BCUT2D eigenvalue weighted by atomic mass is 10.2. The number of sulfone groups is 1. The second kappa shape index (κ2) is 6.62. The Balaban J connectivity index is 2.41. The van der Waals surface area contributed by atoms with Crippen molar-refractivity contribution in [1.82, 2.24) is 14.5 Å². The molecular formula is C14H22N4O3S. The molecule has 0 saturated heterocycles. The number of anilines is 1. The summed E-state index contributed by atoms with van der Waals surface area (Å²) in [6, 6.07) is 0. The van der Waals surface area contributed by atoms with Crippen molar-refractivity contribution in [2.24, 2.45) is 0 Å². The number of hydrogen-bond acceptors (Lipinski definition) is 6. The van der Waals surface area contributed by atoms with Gasteiger partial charge in [-0.15, -0.1) is 0 Å². The Hall–Kier alpha value is -1.67. The summed E-state index contributed by atoms with van der Waals surface area (Å²) in [7, 11) is -2.98. The Morgan fingerprint density at radius 3 is 2.77 bits per heavy atom. The van der Waals surface area contributed by atoms with Gasteiger partial charge in [-0.3, -0.25) is 0 Å². The van der Waals surface area contributed by atoms with E-state index in [9.17, 15) is 8.42 Å². The van der Waals surface area contributed by atoms with Gasteiger partial charge in [-0.05, 0) is 25.8 Å². The SMILES string of the molecule is CCOCc1nc2c(N)ncc(C)c2n1CCCS(C)(=O)=O. The Kier molecular flexibility index (Phi) is 5.02. The minimum absolute atomic E-state index is 0.139. The lowest BCUT2D eigenvalue weighted by Crippen LogP contribution is -2.11. The zero-order valence-electron chi connectivity index (χ0n) is 13.2. The number of aromatic nitrogens is 3. The first-order valence-corrected chi connectivity index (χ1v) is 9.25. The highest BCUT2D eigenvalue weighted by Crippen LogP contribution is 2.24. The van der Waals surface area contributed by atoms with Crippen LogP contribution in [0.3, 0.4) is 0 Å². The lowest BCUT2D eigenvalue weighted by molar-refractivity contribution is 0.126. The van der Waals surface area contributed by atoms with Crippen LogP contribution in [-0.2, 0) is 27.7 Å². The number of imidazole rings is 1. The van der Waals surface area contributed by atoms with E-state index < -0.39 is 9.84 Å². The first-order chi connectivity index (χ1) is 10.3. The molecule has 2 aromatic rings. The maximum absolute atomic E-state index is 11.3. The first-order valence-electron chi connectivity index (χ1n) is 7.19. The van der Waals surface area contributed by atoms with E-state index in [1.165, 1.54) is 6.26 Å². The van der Waals surface area contributed by atoms with Crippen LogP contribution >= 0.6 is 0 Å². The summed E-state index contributed by atoms with van der Waals surface area (Å²) in [5.41, 5.74) is 8.41. The third-order valence-electron chi connectivity index (χ3n) is 3.39. The largest absolute Gasteiger partial charge is 0.382 e. The standard InChI is InChI=1S/C14H22N4O3S/c1-4-21-9-11-17-12-13(10(2)8-16-14(12)15)18(11)6-5-7-22(3,19)20/h8H,4-7,9H2,1-3H3,(H2,15,16). The predicted molar refractivity (Wildman–Crippen MR) is 86.3 cm³/mol. The van der Waals surface area contributed by atoms with E-state index in [-0.39, 0.29) is 5.75 Å². The molecule has 0 aliphatic carbocycles. The number of nitrogens with two attached hydrogens (primary N) is 1. The molecule has 0 aromatic carbocycles. The van der Waals surface area contributed by atoms with E-state index in [0.717, 1.165) is 16.9 Å². The van der Waals surface area contributed by atoms with E-state index in [0.29, 0.717) is 37.5 Å². The summed E-state index contributed by atoms with van der Waals surface area (Å²) in [5.74, 6) is 1.26. The molecule has 0 saturated carbocycles. The maximum atomic E-state index is 11.3. The summed E-state index contributed by atoms with van der Waals surface area (Å²) in [4.78, 5) is 8.65. The molecule has 7 nitrogen and oxygen atoms in total. The Bertz CT molecular complexity index is 768. The average molecular weight is 326 g/mol. The van der Waals surface area contributed by atoms with Gasteiger partial charge >= 0.3 is 0 Å². The molecule has 0 spiro atoms. The van der Waals surface area contributed by atoms with Crippen molar-refractivity contribution in [2.45, 2.75) is 33.4 Å². The zero-order valence-corrected chi connectivity index (χ0v) is 14.0. The van der Waals surface area contributed by atoms with Gasteiger partial charge in [0.1, 0.15) is 27.8 Å². The van der Waals surface area contributed by atoms with Crippen LogP contribution < -0.4 is 5.73 Å².